The van der Waals surface area contributed by atoms with Crippen molar-refractivity contribution in [3.05, 3.63) is 36.5 Å². The zero-order valence-corrected chi connectivity index (χ0v) is 10.7. The monoisotopic (exact) mass is 241 g/mol. The van der Waals surface area contributed by atoms with Gasteiger partial charge in [0.25, 0.3) is 0 Å². The molecule has 0 N–H and O–H groups in total. The number of pyridine rings is 1. The fraction of sp³-hybridized carbons (Fsp3) is 0.308. The lowest BCUT2D eigenvalue weighted by Gasteiger charge is -2.28. The van der Waals surface area contributed by atoms with Gasteiger partial charge in [-0.2, -0.15) is 0 Å². The zero-order chi connectivity index (χ0) is 12.7. The van der Waals surface area contributed by atoms with Gasteiger partial charge >= 0.3 is 0 Å². The van der Waals surface area contributed by atoms with E-state index in [1.54, 1.807) is 6.33 Å². The molecule has 5 heteroatoms. The van der Waals surface area contributed by atoms with Crippen LogP contribution in [0.2, 0.25) is 0 Å². The Labute approximate surface area is 106 Å². The molecule has 1 aliphatic heterocycles. The van der Waals surface area contributed by atoms with Crippen molar-refractivity contribution < 1.29 is 0 Å². The number of aromatic nitrogens is 3. The second-order valence-corrected chi connectivity index (χ2v) is 4.51. The summed E-state index contributed by atoms with van der Waals surface area (Å²) >= 11 is 0. The van der Waals surface area contributed by atoms with Gasteiger partial charge < -0.3 is 9.80 Å². The SMILES string of the molecule is Cc1cnccc1N1c2cncnc2N(C)C1C. The molecule has 0 aromatic carbocycles. The highest BCUT2D eigenvalue weighted by Gasteiger charge is 2.33. The van der Waals surface area contributed by atoms with Gasteiger partial charge in [-0.05, 0) is 25.5 Å². The number of aryl methyl sites for hydroxylation is 1. The van der Waals surface area contributed by atoms with Crippen LogP contribution in [-0.2, 0) is 0 Å². The standard InChI is InChI=1S/C13H15N5/c1-9-6-14-5-4-11(9)18-10(2)17(3)13-12(18)7-15-8-16-13/h4-8,10H,1-3H3. The Morgan fingerprint density at radius 2 is 2.00 bits per heavy atom. The first-order valence-corrected chi connectivity index (χ1v) is 5.93. The number of nitrogens with zero attached hydrogens (tertiary/aromatic N) is 5. The Morgan fingerprint density at radius 3 is 2.78 bits per heavy atom. The lowest BCUT2D eigenvalue weighted by Crippen LogP contribution is -2.36. The first-order chi connectivity index (χ1) is 8.70. The van der Waals surface area contributed by atoms with Crippen molar-refractivity contribution in [1.29, 1.82) is 0 Å². The Morgan fingerprint density at radius 1 is 1.17 bits per heavy atom. The van der Waals surface area contributed by atoms with Crippen molar-refractivity contribution in [2.24, 2.45) is 0 Å². The van der Waals surface area contributed by atoms with Gasteiger partial charge in [-0.25, -0.2) is 9.97 Å². The first-order valence-electron chi connectivity index (χ1n) is 5.93. The van der Waals surface area contributed by atoms with Crippen molar-refractivity contribution in [3.8, 4) is 0 Å². The number of fused-ring (bicyclic) bond motifs is 1. The highest BCUT2D eigenvalue weighted by molar-refractivity contribution is 5.80. The van der Waals surface area contributed by atoms with E-state index in [1.165, 1.54) is 0 Å². The Hall–Kier alpha value is -2.17. The van der Waals surface area contributed by atoms with Gasteiger partial charge in [0.1, 0.15) is 18.2 Å². The van der Waals surface area contributed by atoms with Crippen LogP contribution in [0.4, 0.5) is 17.2 Å². The molecule has 5 nitrogen and oxygen atoms in total. The normalized spacial score (nSPS) is 18.1. The summed E-state index contributed by atoms with van der Waals surface area (Å²) in [6.07, 6.45) is 7.37. The lowest BCUT2D eigenvalue weighted by molar-refractivity contribution is 0.727. The van der Waals surface area contributed by atoms with Crippen molar-refractivity contribution in [2.45, 2.75) is 20.0 Å². The molecule has 3 rings (SSSR count). The van der Waals surface area contributed by atoms with Crippen molar-refractivity contribution >= 4 is 17.2 Å². The third-order valence-corrected chi connectivity index (χ3v) is 3.45. The van der Waals surface area contributed by atoms with Gasteiger partial charge in [-0.1, -0.05) is 0 Å². The molecule has 2 aromatic rings. The van der Waals surface area contributed by atoms with E-state index < -0.39 is 0 Å². The second kappa shape index (κ2) is 3.94. The van der Waals surface area contributed by atoms with E-state index in [0.717, 1.165) is 22.8 Å². The molecule has 1 unspecified atom stereocenters. The van der Waals surface area contributed by atoms with Crippen LogP contribution in [0.25, 0.3) is 0 Å². The molecule has 0 spiro atoms. The summed E-state index contributed by atoms with van der Waals surface area (Å²) in [7, 11) is 2.05. The third kappa shape index (κ3) is 1.44. The van der Waals surface area contributed by atoms with Crippen LogP contribution in [0.5, 0.6) is 0 Å². The highest BCUT2D eigenvalue weighted by Crippen LogP contribution is 2.41. The van der Waals surface area contributed by atoms with Crippen molar-refractivity contribution in [2.75, 3.05) is 16.8 Å². The van der Waals surface area contributed by atoms with E-state index in [0.29, 0.717) is 0 Å². The predicted octanol–water partition coefficient (Wildman–Crippen LogP) is 2.11. The minimum Gasteiger partial charge on any atom is -0.337 e. The largest absolute Gasteiger partial charge is 0.337 e. The maximum Gasteiger partial charge on any atom is 0.157 e. The summed E-state index contributed by atoms with van der Waals surface area (Å²) in [4.78, 5) is 17.0. The number of anilines is 3. The van der Waals surface area contributed by atoms with Crippen LogP contribution in [0.1, 0.15) is 12.5 Å². The summed E-state index contributed by atoms with van der Waals surface area (Å²) in [5.41, 5.74) is 3.34. The summed E-state index contributed by atoms with van der Waals surface area (Å²) in [6, 6.07) is 2.03. The summed E-state index contributed by atoms with van der Waals surface area (Å²) in [5.74, 6) is 0.966. The van der Waals surface area contributed by atoms with E-state index in [4.69, 9.17) is 0 Å². The number of hydrogen-bond acceptors (Lipinski definition) is 5. The van der Waals surface area contributed by atoms with Gasteiger partial charge in [-0.15, -0.1) is 0 Å². The second-order valence-electron chi connectivity index (χ2n) is 4.51. The van der Waals surface area contributed by atoms with E-state index in [2.05, 4.69) is 38.6 Å². The maximum atomic E-state index is 4.35. The predicted molar refractivity (Wildman–Crippen MR) is 71.0 cm³/mol. The average molecular weight is 241 g/mol. The van der Waals surface area contributed by atoms with Crippen LogP contribution >= 0.6 is 0 Å². The molecule has 18 heavy (non-hydrogen) atoms. The molecule has 1 aliphatic rings. The maximum absolute atomic E-state index is 4.35. The quantitative estimate of drug-likeness (QED) is 0.765. The highest BCUT2D eigenvalue weighted by atomic mass is 15.4. The molecule has 1 atom stereocenters. The average Bonchev–Trinajstić information content (AvgIpc) is 2.64. The number of hydrogen-bond donors (Lipinski definition) is 0. The molecule has 3 heterocycles. The number of rotatable bonds is 1. The third-order valence-electron chi connectivity index (χ3n) is 3.45. The van der Waals surface area contributed by atoms with Gasteiger partial charge in [-0.3, -0.25) is 4.98 Å². The van der Waals surface area contributed by atoms with Crippen molar-refractivity contribution in [1.82, 2.24) is 15.0 Å². The van der Waals surface area contributed by atoms with Crippen LogP contribution in [0.3, 0.4) is 0 Å². The molecular weight excluding hydrogens is 226 g/mol. The summed E-state index contributed by atoms with van der Waals surface area (Å²) in [6.45, 7) is 4.22. The molecule has 0 saturated carbocycles. The molecule has 92 valence electrons. The zero-order valence-electron chi connectivity index (χ0n) is 10.7. The topological polar surface area (TPSA) is 45.2 Å². The van der Waals surface area contributed by atoms with E-state index in [1.807, 2.05) is 31.7 Å². The minimum absolute atomic E-state index is 0.220. The lowest BCUT2D eigenvalue weighted by atomic mass is 10.2. The molecule has 0 saturated heterocycles. The van der Waals surface area contributed by atoms with E-state index >= 15 is 0 Å². The molecule has 0 bridgehead atoms. The van der Waals surface area contributed by atoms with Gasteiger partial charge in [0, 0.05) is 25.1 Å². The molecule has 0 amide bonds. The van der Waals surface area contributed by atoms with Crippen LogP contribution in [0, 0.1) is 6.92 Å². The fourth-order valence-corrected chi connectivity index (χ4v) is 2.38. The van der Waals surface area contributed by atoms with Crippen molar-refractivity contribution in [3.63, 3.8) is 0 Å². The fourth-order valence-electron chi connectivity index (χ4n) is 2.38. The summed E-state index contributed by atoms with van der Waals surface area (Å²) < 4.78 is 0. The minimum atomic E-state index is 0.220. The molecule has 2 aromatic heterocycles. The molecule has 0 aliphatic carbocycles. The molecular formula is C13H15N5. The van der Waals surface area contributed by atoms with Gasteiger partial charge in [0.05, 0.1) is 6.20 Å². The van der Waals surface area contributed by atoms with Gasteiger partial charge in [0.2, 0.25) is 0 Å². The van der Waals surface area contributed by atoms with Gasteiger partial charge in [0.15, 0.2) is 5.82 Å². The molecule has 0 fully saturated rings. The van der Waals surface area contributed by atoms with Crippen LogP contribution in [-0.4, -0.2) is 28.2 Å². The Kier molecular flexibility index (Phi) is 2.40. The van der Waals surface area contributed by atoms with E-state index in [9.17, 15) is 0 Å². The molecule has 0 radical (unpaired) electrons. The van der Waals surface area contributed by atoms with Crippen LogP contribution < -0.4 is 9.80 Å². The summed E-state index contributed by atoms with van der Waals surface area (Å²) in [5, 5.41) is 0. The van der Waals surface area contributed by atoms with Crippen LogP contribution in [0.15, 0.2) is 31.0 Å². The smallest absolute Gasteiger partial charge is 0.157 e. The van der Waals surface area contributed by atoms with E-state index in [-0.39, 0.29) is 6.17 Å². The Bertz CT molecular complexity index is 583. The Balaban J connectivity index is 2.16. The first kappa shape index (κ1) is 11.0.